The van der Waals surface area contributed by atoms with Crippen LogP contribution in [0.4, 0.5) is 0 Å². The Labute approximate surface area is 218 Å². The van der Waals surface area contributed by atoms with Gasteiger partial charge in [0.15, 0.2) is 11.8 Å². The normalized spacial score (nSPS) is 14.9. The van der Waals surface area contributed by atoms with Crippen molar-refractivity contribution >= 4 is 29.9 Å². The van der Waals surface area contributed by atoms with Crippen molar-refractivity contribution in [2.75, 3.05) is 33.3 Å². The van der Waals surface area contributed by atoms with Crippen LogP contribution in [0.1, 0.15) is 37.2 Å². The van der Waals surface area contributed by atoms with Gasteiger partial charge in [0, 0.05) is 18.7 Å². The third-order valence-corrected chi connectivity index (χ3v) is 5.84. The number of H-pyrrole nitrogens is 1. The summed E-state index contributed by atoms with van der Waals surface area (Å²) in [4.78, 5) is 11.9. The number of guanidine groups is 1. The Hall–Kier alpha value is -2.66. The third-order valence-electron chi connectivity index (χ3n) is 5.84. The van der Waals surface area contributed by atoms with Gasteiger partial charge in [-0.1, -0.05) is 30.3 Å². The van der Waals surface area contributed by atoms with E-state index in [2.05, 4.69) is 68.0 Å². The Morgan fingerprint density at radius 2 is 1.82 bits per heavy atom. The average Bonchev–Trinajstić information content (AvgIpc) is 3.56. The van der Waals surface area contributed by atoms with Gasteiger partial charge in [0.2, 0.25) is 0 Å². The number of hydrogen-bond donors (Lipinski definition) is 3. The largest absolute Gasteiger partial charge is 0.497 e. The highest BCUT2D eigenvalue weighted by Gasteiger charge is 2.23. The predicted octanol–water partition coefficient (Wildman–Crippen LogP) is 3.99. The number of aliphatic imine (C=N–C) groups is 1. The first-order valence-electron chi connectivity index (χ1n) is 11.6. The molecule has 4 rings (SSSR count). The van der Waals surface area contributed by atoms with E-state index >= 15 is 0 Å². The van der Waals surface area contributed by atoms with Crippen LogP contribution >= 0.6 is 24.0 Å². The first kappa shape index (κ1) is 26.0. The van der Waals surface area contributed by atoms with Crippen LogP contribution in [0.25, 0.3) is 11.4 Å². The smallest absolute Gasteiger partial charge is 0.191 e. The maximum absolute atomic E-state index is 5.22. The van der Waals surface area contributed by atoms with Crippen molar-refractivity contribution < 1.29 is 4.74 Å². The Bertz CT molecular complexity index is 1020. The topological polar surface area (TPSA) is 90.5 Å². The second-order valence-electron chi connectivity index (χ2n) is 8.08. The maximum Gasteiger partial charge on any atom is 0.191 e. The Balaban J connectivity index is 0.00000324. The zero-order valence-corrected chi connectivity index (χ0v) is 22.2. The lowest BCUT2D eigenvalue weighted by molar-refractivity contribution is 0.245. The molecule has 1 aliphatic rings. The number of aromatic nitrogens is 3. The summed E-state index contributed by atoms with van der Waals surface area (Å²) in [6, 6.07) is 18.7. The molecule has 1 unspecified atom stereocenters. The molecule has 9 heteroatoms. The molecule has 1 aliphatic heterocycles. The molecule has 0 aliphatic carbocycles. The second kappa shape index (κ2) is 13.3. The van der Waals surface area contributed by atoms with Crippen LogP contribution in [-0.2, 0) is 6.54 Å². The van der Waals surface area contributed by atoms with E-state index < -0.39 is 0 Å². The summed E-state index contributed by atoms with van der Waals surface area (Å²) < 4.78 is 5.22. The van der Waals surface area contributed by atoms with E-state index in [9.17, 15) is 0 Å². The fraction of sp³-hybridized carbons (Fsp3) is 0.400. The zero-order chi connectivity index (χ0) is 22.9. The molecular formula is C25H34IN7O. The number of hydrogen-bond acceptors (Lipinski definition) is 5. The minimum atomic E-state index is 0. The third kappa shape index (κ3) is 6.92. The Morgan fingerprint density at radius 3 is 2.50 bits per heavy atom. The highest BCUT2D eigenvalue weighted by molar-refractivity contribution is 14.0. The van der Waals surface area contributed by atoms with E-state index in [0.29, 0.717) is 18.4 Å². The zero-order valence-electron chi connectivity index (χ0n) is 19.8. The van der Waals surface area contributed by atoms with Crippen LogP contribution in [0.2, 0.25) is 0 Å². The molecule has 2 aromatic carbocycles. The standard InChI is InChI=1S/C25H33N7O.HI/c1-3-26-25(27-17-22(32-15-7-8-16-32)19-9-5-4-6-10-19)28-18-23-29-24(31-30-23)20-11-13-21(33-2)14-12-20;/h4-6,9-14,22H,3,7-8,15-18H2,1-2H3,(H2,26,27,28)(H,29,30,31);1H. The van der Waals surface area contributed by atoms with Crippen molar-refractivity contribution in [2.24, 2.45) is 4.99 Å². The van der Waals surface area contributed by atoms with Gasteiger partial charge in [-0.3, -0.25) is 10.00 Å². The van der Waals surface area contributed by atoms with Crippen LogP contribution in [-0.4, -0.2) is 59.3 Å². The van der Waals surface area contributed by atoms with Crippen LogP contribution in [0.3, 0.4) is 0 Å². The van der Waals surface area contributed by atoms with Gasteiger partial charge in [-0.15, -0.1) is 24.0 Å². The summed E-state index contributed by atoms with van der Waals surface area (Å²) in [6.45, 7) is 6.35. The lowest BCUT2D eigenvalue weighted by atomic mass is 10.1. The predicted molar refractivity (Wildman–Crippen MR) is 147 cm³/mol. The highest BCUT2D eigenvalue weighted by atomic mass is 127. The van der Waals surface area contributed by atoms with Crippen LogP contribution < -0.4 is 15.4 Å². The Kier molecular flexibility index (Phi) is 10.1. The summed E-state index contributed by atoms with van der Waals surface area (Å²) in [7, 11) is 1.65. The fourth-order valence-electron chi connectivity index (χ4n) is 4.11. The van der Waals surface area contributed by atoms with E-state index in [-0.39, 0.29) is 24.0 Å². The SMILES string of the molecule is CCNC(=NCc1nc(-c2ccc(OC)cc2)n[nH]1)NCC(c1ccccc1)N1CCCC1.I. The monoisotopic (exact) mass is 575 g/mol. The number of aromatic amines is 1. The molecule has 0 bridgehead atoms. The van der Waals surface area contributed by atoms with Gasteiger partial charge in [0.05, 0.1) is 13.2 Å². The fourth-order valence-corrected chi connectivity index (χ4v) is 4.11. The van der Waals surface area contributed by atoms with E-state index in [0.717, 1.165) is 49.3 Å². The minimum Gasteiger partial charge on any atom is -0.497 e. The number of benzene rings is 2. The number of rotatable bonds is 9. The molecule has 1 atom stereocenters. The lowest BCUT2D eigenvalue weighted by Gasteiger charge is -2.29. The van der Waals surface area contributed by atoms with Crippen molar-refractivity contribution in [3.63, 3.8) is 0 Å². The molecule has 0 saturated carbocycles. The number of ether oxygens (including phenoxy) is 1. The van der Waals surface area contributed by atoms with Crippen molar-refractivity contribution in [1.82, 2.24) is 30.7 Å². The molecule has 1 saturated heterocycles. The number of nitrogens with zero attached hydrogens (tertiary/aromatic N) is 4. The molecule has 34 heavy (non-hydrogen) atoms. The molecule has 182 valence electrons. The first-order chi connectivity index (χ1) is 16.3. The molecule has 8 nitrogen and oxygen atoms in total. The van der Waals surface area contributed by atoms with E-state index in [4.69, 9.17) is 9.73 Å². The second-order valence-corrected chi connectivity index (χ2v) is 8.08. The minimum absolute atomic E-state index is 0. The van der Waals surface area contributed by atoms with E-state index in [1.807, 2.05) is 24.3 Å². The number of nitrogens with one attached hydrogen (secondary N) is 3. The highest BCUT2D eigenvalue weighted by Crippen LogP contribution is 2.24. The van der Waals surface area contributed by atoms with Crippen LogP contribution in [0, 0.1) is 0 Å². The van der Waals surface area contributed by atoms with Gasteiger partial charge in [-0.05, 0) is 62.7 Å². The average molecular weight is 575 g/mol. The van der Waals surface area contributed by atoms with Crippen LogP contribution in [0.15, 0.2) is 59.6 Å². The van der Waals surface area contributed by atoms with Gasteiger partial charge >= 0.3 is 0 Å². The molecular weight excluding hydrogens is 541 g/mol. The quantitative estimate of drug-likeness (QED) is 0.203. The van der Waals surface area contributed by atoms with Gasteiger partial charge in [-0.2, -0.15) is 5.10 Å². The van der Waals surface area contributed by atoms with Gasteiger partial charge in [0.25, 0.3) is 0 Å². The van der Waals surface area contributed by atoms with Crippen LogP contribution in [0.5, 0.6) is 5.75 Å². The van der Waals surface area contributed by atoms with Crippen molar-refractivity contribution in [3.8, 4) is 17.1 Å². The summed E-state index contributed by atoms with van der Waals surface area (Å²) in [5.41, 5.74) is 2.27. The lowest BCUT2D eigenvalue weighted by Crippen LogP contribution is -2.42. The van der Waals surface area contributed by atoms with Gasteiger partial charge in [-0.25, -0.2) is 9.98 Å². The maximum atomic E-state index is 5.22. The van der Waals surface area contributed by atoms with E-state index in [1.165, 1.54) is 18.4 Å². The van der Waals surface area contributed by atoms with Crippen molar-refractivity contribution in [3.05, 3.63) is 66.0 Å². The van der Waals surface area contributed by atoms with E-state index in [1.54, 1.807) is 7.11 Å². The molecule has 1 aromatic heterocycles. The molecule has 1 fully saturated rings. The molecule has 0 spiro atoms. The van der Waals surface area contributed by atoms with Crippen molar-refractivity contribution in [1.29, 1.82) is 0 Å². The summed E-state index contributed by atoms with van der Waals surface area (Å²) in [6.07, 6.45) is 2.53. The molecule has 0 amide bonds. The summed E-state index contributed by atoms with van der Waals surface area (Å²) in [5.74, 6) is 2.96. The van der Waals surface area contributed by atoms with Gasteiger partial charge in [0.1, 0.15) is 18.1 Å². The Morgan fingerprint density at radius 1 is 1.09 bits per heavy atom. The number of methoxy groups -OCH3 is 1. The number of likely N-dealkylation sites (tertiary alicyclic amines) is 1. The molecule has 0 radical (unpaired) electrons. The first-order valence-corrected chi connectivity index (χ1v) is 11.6. The molecule has 2 heterocycles. The van der Waals surface area contributed by atoms with Crippen molar-refractivity contribution in [2.45, 2.75) is 32.4 Å². The number of halogens is 1. The summed E-state index contributed by atoms with van der Waals surface area (Å²) in [5, 5.41) is 14.2. The summed E-state index contributed by atoms with van der Waals surface area (Å²) >= 11 is 0. The molecule has 3 N–H and O–H groups in total. The van der Waals surface area contributed by atoms with Gasteiger partial charge < -0.3 is 15.4 Å². The molecule has 3 aromatic rings.